The van der Waals surface area contributed by atoms with Gasteiger partial charge in [0.15, 0.2) is 0 Å². The molecule has 0 radical (unpaired) electrons. The fourth-order valence-corrected chi connectivity index (χ4v) is 4.72. The maximum Gasteiger partial charge on any atom is 0.0731 e. The van der Waals surface area contributed by atoms with Crippen molar-refractivity contribution in [3.05, 3.63) is 78.0 Å². The predicted molar refractivity (Wildman–Crippen MR) is 147 cm³/mol. The second-order valence-electron chi connectivity index (χ2n) is 9.25. The van der Waals surface area contributed by atoms with E-state index >= 15 is 0 Å². The lowest BCUT2D eigenvalue weighted by molar-refractivity contribution is 0.209. The number of pyridine rings is 1. The van der Waals surface area contributed by atoms with Crippen LogP contribution in [-0.4, -0.2) is 55.1 Å². The molecule has 0 saturated carbocycles. The largest absolute Gasteiger partial charge is 0.378 e. The summed E-state index contributed by atoms with van der Waals surface area (Å²) >= 11 is 6.66. The molecule has 2 heterocycles. The molecule has 34 heavy (non-hydrogen) atoms. The van der Waals surface area contributed by atoms with E-state index in [0.717, 1.165) is 71.7 Å². The second-order valence-corrected chi connectivity index (χ2v) is 9.66. The van der Waals surface area contributed by atoms with Gasteiger partial charge in [0, 0.05) is 68.3 Å². The Kier molecular flexibility index (Phi) is 7.47. The molecular weight excluding hydrogens is 440 g/mol. The molecule has 1 fully saturated rings. The van der Waals surface area contributed by atoms with Gasteiger partial charge in [-0.05, 0) is 42.7 Å². The molecule has 3 aromatic rings. The van der Waals surface area contributed by atoms with Gasteiger partial charge in [-0.25, -0.2) is 4.98 Å². The number of nitrogens with zero attached hydrogens (tertiary/aromatic N) is 4. The quantitative estimate of drug-likeness (QED) is 0.353. The number of rotatable bonds is 8. The van der Waals surface area contributed by atoms with Gasteiger partial charge in [0.1, 0.15) is 0 Å². The van der Waals surface area contributed by atoms with Gasteiger partial charge in [0.2, 0.25) is 0 Å². The van der Waals surface area contributed by atoms with Crippen LogP contribution < -0.4 is 4.90 Å². The van der Waals surface area contributed by atoms with Gasteiger partial charge in [-0.15, -0.1) is 0 Å². The molecule has 0 unspecified atom stereocenters. The minimum absolute atomic E-state index is 0.716. The Bertz CT molecular complexity index is 1170. The van der Waals surface area contributed by atoms with Gasteiger partial charge in [-0.1, -0.05) is 62.4 Å². The summed E-state index contributed by atoms with van der Waals surface area (Å²) in [6.45, 7) is 14.8. The number of benzene rings is 2. The lowest BCUT2D eigenvalue weighted by atomic mass is 10.1. The molecule has 0 N–H and O–H groups in total. The molecule has 1 aliphatic rings. The number of halogens is 1. The number of unbranched alkanes of at least 4 members (excludes halogenated alkanes) is 1. The Morgan fingerprint density at radius 3 is 2.29 bits per heavy atom. The number of fused-ring (bicyclic) bond motifs is 1. The number of hydrogen-bond acceptors (Lipinski definition) is 4. The summed E-state index contributed by atoms with van der Waals surface area (Å²) < 4.78 is 0. The number of aromatic nitrogens is 1. The fourth-order valence-electron chi connectivity index (χ4n) is 4.46. The first-order valence-corrected chi connectivity index (χ1v) is 12.5. The first-order chi connectivity index (χ1) is 16.4. The highest BCUT2D eigenvalue weighted by Gasteiger charge is 2.20. The Morgan fingerprint density at radius 1 is 0.971 bits per heavy atom. The zero-order valence-corrected chi connectivity index (χ0v) is 21.4. The molecule has 0 atom stereocenters. The van der Waals surface area contributed by atoms with Crippen molar-refractivity contribution in [1.82, 2.24) is 14.8 Å². The average molecular weight is 475 g/mol. The van der Waals surface area contributed by atoms with Gasteiger partial charge in [-0.3, -0.25) is 0 Å². The third-order valence-electron chi connectivity index (χ3n) is 6.70. The molecule has 178 valence electrons. The average Bonchev–Trinajstić information content (AvgIpc) is 2.86. The number of anilines is 1. The van der Waals surface area contributed by atoms with E-state index in [2.05, 4.69) is 77.2 Å². The van der Waals surface area contributed by atoms with Gasteiger partial charge >= 0.3 is 0 Å². The van der Waals surface area contributed by atoms with Crippen molar-refractivity contribution in [3.63, 3.8) is 0 Å². The molecule has 5 heteroatoms. The summed E-state index contributed by atoms with van der Waals surface area (Å²) in [6, 6.07) is 16.6. The van der Waals surface area contributed by atoms with Crippen LogP contribution >= 0.6 is 11.6 Å². The lowest BCUT2D eigenvalue weighted by Crippen LogP contribution is -2.44. The monoisotopic (exact) mass is 474 g/mol. The third-order valence-corrected chi connectivity index (χ3v) is 7.01. The van der Waals surface area contributed by atoms with E-state index in [4.69, 9.17) is 16.6 Å². The first kappa shape index (κ1) is 24.2. The molecule has 1 aromatic heterocycles. The van der Waals surface area contributed by atoms with Crippen LogP contribution in [0.3, 0.4) is 0 Å². The van der Waals surface area contributed by atoms with Gasteiger partial charge in [-0.2, -0.15) is 0 Å². The van der Waals surface area contributed by atoms with Gasteiger partial charge in [0.25, 0.3) is 0 Å². The van der Waals surface area contributed by atoms with Crippen LogP contribution in [0.4, 0.5) is 5.69 Å². The van der Waals surface area contributed by atoms with Gasteiger partial charge in [0.05, 0.1) is 16.2 Å². The van der Waals surface area contributed by atoms with Crippen LogP contribution in [0.15, 0.2) is 67.4 Å². The van der Waals surface area contributed by atoms with E-state index in [0.29, 0.717) is 5.02 Å². The van der Waals surface area contributed by atoms with Crippen molar-refractivity contribution >= 4 is 33.9 Å². The van der Waals surface area contributed by atoms with Crippen molar-refractivity contribution in [2.45, 2.75) is 26.2 Å². The second kappa shape index (κ2) is 10.5. The van der Waals surface area contributed by atoms with Gasteiger partial charge < -0.3 is 14.7 Å². The summed E-state index contributed by atoms with van der Waals surface area (Å²) in [5, 5.41) is 1.68. The Morgan fingerprint density at radius 2 is 1.65 bits per heavy atom. The number of hydrogen-bond donors (Lipinski definition) is 0. The molecule has 1 aliphatic heterocycles. The molecule has 0 amide bonds. The summed E-state index contributed by atoms with van der Waals surface area (Å²) in [6.07, 6.45) is 3.51. The molecule has 2 aromatic carbocycles. The van der Waals surface area contributed by atoms with E-state index in [1.165, 1.54) is 18.5 Å². The molecule has 4 nitrogen and oxygen atoms in total. The molecule has 0 aliphatic carbocycles. The van der Waals surface area contributed by atoms with Crippen LogP contribution in [0.2, 0.25) is 5.02 Å². The normalized spacial score (nSPS) is 13.9. The van der Waals surface area contributed by atoms with Crippen LogP contribution in [0.1, 0.15) is 31.7 Å². The van der Waals surface area contributed by atoms with E-state index in [-0.39, 0.29) is 0 Å². The first-order valence-electron chi connectivity index (χ1n) is 12.1. The van der Waals surface area contributed by atoms with Crippen LogP contribution in [0.5, 0.6) is 0 Å². The summed E-state index contributed by atoms with van der Waals surface area (Å²) in [4.78, 5) is 11.8. The highest BCUT2D eigenvalue weighted by molar-refractivity contribution is 6.35. The molecule has 0 bridgehead atoms. The van der Waals surface area contributed by atoms with Crippen molar-refractivity contribution in [2.24, 2.45) is 0 Å². The molecule has 4 rings (SSSR count). The van der Waals surface area contributed by atoms with E-state index in [1.807, 2.05) is 20.2 Å². The maximum absolute atomic E-state index is 6.66. The van der Waals surface area contributed by atoms with Crippen LogP contribution in [0.25, 0.3) is 27.9 Å². The summed E-state index contributed by atoms with van der Waals surface area (Å²) in [5.41, 5.74) is 7.38. The Labute approximate surface area is 209 Å². The minimum Gasteiger partial charge on any atom is -0.378 e. The number of allylic oxidation sites excluding steroid dienone is 1. The van der Waals surface area contributed by atoms with E-state index < -0.39 is 0 Å². The Hall–Kier alpha value is -2.98. The smallest absolute Gasteiger partial charge is 0.0731 e. The molecule has 1 saturated heterocycles. The van der Waals surface area contributed by atoms with Crippen LogP contribution in [-0.2, 0) is 0 Å². The highest BCUT2D eigenvalue weighted by Crippen LogP contribution is 2.31. The maximum atomic E-state index is 6.66. The van der Waals surface area contributed by atoms with E-state index in [9.17, 15) is 0 Å². The highest BCUT2D eigenvalue weighted by atomic mass is 35.5. The zero-order chi connectivity index (χ0) is 24.2. The number of piperazine rings is 1. The molecule has 0 spiro atoms. The zero-order valence-electron chi connectivity index (χ0n) is 20.6. The third kappa shape index (κ3) is 5.23. The van der Waals surface area contributed by atoms with E-state index in [1.54, 1.807) is 0 Å². The topological polar surface area (TPSA) is 22.6 Å². The fraction of sp³-hybridized carbons (Fsp3) is 0.345. The van der Waals surface area contributed by atoms with Crippen molar-refractivity contribution in [3.8, 4) is 11.3 Å². The predicted octanol–water partition coefficient (Wildman–Crippen LogP) is 6.91. The van der Waals surface area contributed by atoms with Crippen molar-refractivity contribution < 1.29 is 0 Å². The Balaban J connectivity index is 1.52. The summed E-state index contributed by atoms with van der Waals surface area (Å²) in [5.74, 6) is 0. The lowest BCUT2D eigenvalue weighted by Gasteiger charge is -2.39. The van der Waals surface area contributed by atoms with Crippen molar-refractivity contribution in [2.75, 3.05) is 45.2 Å². The van der Waals surface area contributed by atoms with Crippen molar-refractivity contribution in [1.29, 1.82) is 0 Å². The standard InChI is InChI=1S/C29H35ClN4/c1-6-7-8-21(2)33-15-17-34(18-16-33)22(3)24-11-14-26-27(30)20-28(31-29(26)19-24)23-9-12-25(13-10-23)32(4)5/h9-14,19-20H,2-3,6-8,15-18H2,1,4-5H3. The SMILES string of the molecule is C=C(CCCC)N1CCN(C(=C)c2ccc3c(Cl)cc(-c4ccc(N(C)C)cc4)nc3c2)CC1. The molecular formula is C29H35ClN4. The van der Waals surface area contributed by atoms with Crippen LogP contribution in [0, 0.1) is 0 Å². The summed E-state index contributed by atoms with van der Waals surface area (Å²) in [7, 11) is 4.08. The minimum atomic E-state index is 0.716.